The van der Waals surface area contributed by atoms with Gasteiger partial charge in [0.2, 0.25) is 17.6 Å². The van der Waals surface area contributed by atoms with Gasteiger partial charge in [-0.2, -0.15) is 18.4 Å². The first-order chi connectivity index (χ1) is 29.7. The van der Waals surface area contributed by atoms with Gasteiger partial charge in [0, 0.05) is 73.5 Å². The molecule has 3 atom stereocenters. The number of amides is 4. The van der Waals surface area contributed by atoms with Gasteiger partial charge in [-0.05, 0) is 93.0 Å². The van der Waals surface area contributed by atoms with Crippen LogP contribution in [0.25, 0.3) is 11.4 Å². The van der Waals surface area contributed by atoms with Gasteiger partial charge in [0.25, 0.3) is 0 Å². The number of benzene rings is 2. The van der Waals surface area contributed by atoms with Crippen molar-refractivity contribution >= 4 is 41.4 Å². The van der Waals surface area contributed by atoms with Crippen molar-refractivity contribution in [3.8, 4) is 11.4 Å². The number of carbonyl (C=O) groups excluding carboxylic acids is 3. The maximum atomic E-state index is 13.9. The summed E-state index contributed by atoms with van der Waals surface area (Å²) in [4.78, 5) is 66.3. The molecular weight excluding hydrogens is 830 g/mol. The molecule has 2 aromatic carbocycles. The molecule has 340 valence electrons. The summed E-state index contributed by atoms with van der Waals surface area (Å²) in [5, 5.41) is 43.0. The number of carbonyl (C=O) groups is 5. The van der Waals surface area contributed by atoms with Gasteiger partial charge in [-0.15, -0.1) is 10.2 Å². The maximum absolute atomic E-state index is 13.9. The van der Waals surface area contributed by atoms with E-state index in [0.29, 0.717) is 57.0 Å². The van der Waals surface area contributed by atoms with E-state index >= 15 is 0 Å². The Morgan fingerprint density at radius 3 is 2.24 bits per heavy atom. The fourth-order valence-corrected chi connectivity index (χ4v) is 7.48. The number of alkyl halides is 3. The average molecular weight is 883 g/mol. The Bertz CT molecular complexity index is 2120. The summed E-state index contributed by atoms with van der Waals surface area (Å²) >= 11 is 0. The number of allylic oxidation sites excluding steroid dienone is 1. The van der Waals surface area contributed by atoms with Gasteiger partial charge in [0.05, 0.1) is 6.04 Å². The summed E-state index contributed by atoms with van der Waals surface area (Å²) in [5.41, 5.74) is 3.18. The molecule has 3 aliphatic rings. The molecule has 6 rings (SSSR count). The topological polar surface area (TPSA) is 253 Å². The van der Waals surface area contributed by atoms with Gasteiger partial charge in [0.1, 0.15) is 11.6 Å². The van der Waals surface area contributed by atoms with Crippen molar-refractivity contribution in [3.63, 3.8) is 0 Å². The van der Waals surface area contributed by atoms with Crippen LogP contribution >= 0.6 is 0 Å². The number of tetrazole rings is 1. The molecule has 0 spiro atoms. The standard InChI is InChI=1S/C40H52N10O6.C2HF3O2/c1-39(2,3)56-37(53)43-23-26-5-9-28(10-6-26)35(51)45-31(36(52)44-30-15-11-27(12-16-30)34-46-48-49-47-34)21-25-7-13-29(14-8-25)40(4)17-18-41-32(22-40)33-24-50(38(54)55)20-19-42-33;3-2(4,5)1(6)7/h7-8,11-18,26,28,31,33,42H,5-6,9-10,19-24H2,1-4H3,(H,43,53)(H,44,52)(H,45,51)(H,54,55)(H,46,47,48,49);(H,6,7)/t26-,28-,31-,33?,40?;/m0./s1. The number of ether oxygens (including phenoxy) is 1. The Balaban J connectivity index is 0.000000985. The second-order valence-corrected chi connectivity index (χ2v) is 16.9. The largest absolute Gasteiger partial charge is 0.490 e. The number of carboxylic acid groups (broad SMARTS) is 2. The first kappa shape index (κ1) is 47.7. The zero-order valence-corrected chi connectivity index (χ0v) is 35.4. The van der Waals surface area contributed by atoms with Crippen LogP contribution in [0.3, 0.4) is 0 Å². The van der Waals surface area contributed by atoms with Gasteiger partial charge in [-0.3, -0.25) is 14.6 Å². The summed E-state index contributed by atoms with van der Waals surface area (Å²) in [6.45, 7) is 9.44. The second kappa shape index (κ2) is 20.7. The highest BCUT2D eigenvalue weighted by Gasteiger charge is 2.38. The van der Waals surface area contributed by atoms with E-state index in [2.05, 4.69) is 59.9 Å². The normalized spacial score (nSPS) is 21.7. The number of aliphatic imine (C=N–C) groups is 1. The molecule has 2 unspecified atom stereocenters. The number of H-pyrrole nitrogens is 1. The highest BCUT2D eigenvalue weighted by atomic mass is 19.4. The molecule has 4 amide bonds. The lowest BCUT2D eigenvalue weighted by atomic mass is 9.75. The minimum Gasteiger partial charge on any atom is -0.475 e. The van der Waals surface area contributed by atoms with Crippen molar-refractivity contribution in [2.24, 2.45) is 16.8 Å². The fraction of sp³-hybridized carbons (Fsp3) is 0.500. The summed E-state index contributed by atoms with van der Waals surface area (Å²) in [6.07, 6.45) is 1.13. The number of nitrogens with zero attached hydrogens (tertiary/aromatic N) is 5. The highest BCUT2D eigenvalue weighted by Crippen LogP contribution is 2.34. The van der Waals surface area contributed by atoms with E-state index in [0.717, 1.165) is 35.2 Å². The van der Waals surface area contributed by atoms with Crippen LogP contribution in [0.4, 0.5) is 28.4 Å². The Morgan fingerprint density at radius 2 is 1.65 bits per heavy atom. The van der Waals surface area contributed by atoms with Crippen molar-refractivity contribution in [1.29, 1.82) is 0 Å². The number of piperazine rings is 1. The number of anilines is 1. The fourth-order valence-electron chi connectivity index (χ4n) is 7.48. The number of alkyl carbamates (subject to hydrolysis) is 1. The molecule has 0 bridgehead atoms. The highest BCUT2D eigenvalue weighted by molar-refractivity contribution is 5.98. The van der Waals surface area contributed by atoms with E-state index in [4.69, 9.17) is 14.6 Å². The quantitative estimate of drug-likeness (QED) is 0.133. The first-order valence-electron chi connectivity index (χ1n) is 20.5. The van der Waals surface area contributed by atoms with E-state index in [1.54, 1.807) is 30.5 Å². The van der Waals surface area contributed by atoms with Gasteiger partial charge in [0.15, 0.2) is 0 Å². The van der Waals surface area contributed by atoms with Gasteiger partial charge < -0.3 is 41.1 Å². The molecule has 7 N–H and O–H groups in total. The lowest BCUT2D eigenvalue weighted by Crippen LogP contribution is -2.56. The maximum Gasteiger partial charge on any atom is 0.490 e. The molecule has 1 saturated carbocycles. The lowest BCUT2D eigenvalue weighted by molar-refractivity contribution is -0.192. The van der Waals surface area contributed by atoms with Crippen molar-refractivity contribution < 1.29 is 52.1 Å². The van der Waals surface area contributed by atoms with E-state index in [1.165, 1.54) is 4.90 Å². The molecule has 0 radical (unpaired) electrons. The minimum absolute atomic E-state index is 0.162. The molecule has 1 aliphatic carbocycles. The second-order valence-electron chi connectivity index (χ2n) is 16.9. The van der Waals surface area contributed by atoms with Crippen molar-refractivity contribution in [2.45, 2.75) is 95.5 Å². The van der Waals surface area contributed by atoms with Crippen LogP contribution < -0.4 is 21.3 Å². The number of nitrogens with one attached hydrogen (secondary N) is 5. The first-order valence-corrected chi connectivity index (χ1v) is 20.5. The Morgan fingerprint density at radius 1 is 0.984 bits per heavy atom. The number of hydrogen-bond donors (Lipinski definition) is 7. The smallest absolute Gasteiger partial charge is 0.475 e. The van der Waals surface area contributed by atoms with Crippen molar-refractivity contribution in [2.75, 3.05) is 31.5 Å². The van der Waals surface area contributed by atoms with Crippen molar-refractivity contribution in [3.05, 3.63) is 71.9 Å². The van der Waals surface area contributed by atoms with Crippen LogP contribution in [0.15, 0.2) is 65.8 Å². The predicted molar refractivity (Wildman–Crippen MR) is 224 cm³/mol. The number of aromatic amines is 1. The number of hydrogen-bond acceptors (Lipinski definition) is 11. The van der Waals surface area contributed by atoms with Crippen LogP contribution in [-0.2, 0) is 31.0 Å². The summed E-state index contributed by atoms with van der Waals surface area (Å²) < 4.78 is 37.1. The summed E-state index contributed by atoms with van der Waals surface area (Å²) in [5.74, 6) is -2.85. The van der Waals surface area contributed by atoms with Crippen LogP contribution in [0.1, 0.15) is 70.9 Å². The molecule has 63 heavy (non-hydrogen) atoms. The SMILES string of the molecule is CC(C)(C)OC(=O)NC[C@H]1CC[C@H](C(=O)N[C@@H](Cc2ccc(C3(C)C=CN=C(C4CN(C(=O)O)CCN4)C3)cc2)C(=O)Nc2ccc(-c3nn[nH]n3)cc2)CC1.O=C(O)C(F)(F)F. The molecule has 2 aliphatic heterocycles. The van der Waals surface area contributed by atoms with Crippen LogP contribution in [0.2, 0.25) is 0 Å². The number of halogens is 3. The third kappa shape index (κ3) is 14.1. The van der Waals surface area contributed by atoms with Crippen LogP contribution in [0.5, 0.6) is 0 Å². The van der Waals surface area contributed by atoms with E-state index in [-0.39, 0.29) is 41.5 Å². The third-order valence-corrected chi connectivity index (χ3v) is 10.9. The van der Waals surface area contributed by atoms with E-state index < -0.39 is 36.0 Å². The number of aromatic nitrogens is 4. The molecular formula is C42H53F3N10O8. The zero-order chi connectivity index (χ0) is 46.0. The predicted octanol–water partition coefficient (Wildman–Crippen LogP) is 5.07. The molecule has 3 heterocycles. The molecule has 18 nitrogen and oxygen atoms in total. The summed E-state index contributed by atoms with van der Waals surface area (Å²) in [7, 11) is 0. The summed E-state index contributed by atoms with van der Waals surface area (Å²) in [6, 6.07) is 14.1. The molecule has 2 fully saturated rings. The third-order valence-electron chi connectivity index (χ3n) is 10.9. The lowest BCUT2D eigenvalue weighted by Gasteiger charge is -2.37. The van der Waals surface area contributed by atoms with Gasteiger partial charge >= 0.3 is 24.3 Å². The molecule has 1 aromatic heterocycles. The minimum atomic E-state index is -5.08. The van der Waals surface area contributed by atoms with Gasteiger partial charge in [-0.1, -0.05) is 37.3 Å². The van der Waals surface area contributed by atoms with E-state index in [1.807, 2.05) is 45.0 Å². The Hall–Kier alpha value is -6.38. The Kier molecular flexibility index (Phi) is 15.6. The number of aliphatic carboxylic acids is 1. The van der Waals surface area contributed by atoms with E-state index in [9.17, 15) is 37.5 Å². The number of rotatable bonds is 11. The van der Waals surface area contributed by atoms with Crippen molar-refractivity contribution in [1.82, 2.24) is 41.5 Å². The monoisotopic (exact) mass is 882 g/mol. The van der Waals surface area contributed by atoms with Gasteiger partial charge in [-0.25, -0.2) is 14.4 Å². The zero-order valence-electron chi connectivity index (χ0n) is 35.4. The van der Waals surface area contributed by atoms with Crippen LogP contribution in [-0.4, -0.2) is 121 Å². The average Bonchev–Trinajstić information content (AvgIpc) is 3.78. The molecule has 21 heteroatoms. The molecule has 1 saturated heterocycles. The Labute approximate surface area is 361 Å². The number of carboxylic acids is 1. The molecule has 3 aromatic rings. The van der Waals surface area contributed by atoms with Crippen LogP contribution in [0, 0.1) is 11.8 Å².